The molecule has 3 heteroatoms. The van der Waals surface area contributed by atoms with E-state index in [2.05, 4.69) is 62.3 Å². The average molecular weight is 287 g/mol. The molecule has 2 atom stereocenters. The molecule has 1 rings (SSSR count). The highest BCUT2D eigenvalue weighted by molar-refractivity contribution is 6.81. The summed E-state index contributed by atoms with van der Waals surface area (Å²) in [5.74, 6) is 0. The normalized spacial score (nSPS) is 28.7. The quantitative estimate of drug-likeness (QED) is 0.606. The van der Waals surface area contributed by atoms with Crippen LogP contribution in [0, 0.1) is 5.41 Å². The Morgan fingerprint density at radius 3 is 1.53 bits per heavy atom. The molecule has 0 N–H and O–H groups in total. The van der Waals surface area contributed by atoms with Gasteiger partial charge in [0.05, 0.1) is 0 Å². The predicted octanol–water partition coefficient (Wildman–Crippen LogP) is 5.34. The highest BCUT2D eigenvalue weighted by atomic mass is 28.4. The van der Waals surface area contributed by atoms with E-state index in [-0.39, 0.29) is 21.8 Å². The second kappa shape index (κ2) is 4.85. The molecule has 0 aliphatic carbocycles. The second-order valence-corrected chi connectivity index (χ2v) is 14.6. The topological polar surface area (TPSA) is 18.5 Å². The Morgan fingerprint density at radius 2 is 1.32 bits per heavy atom. The minimum atomic E-state index is -2.01. The molecule has 0 saturated carbocycles. The Balaban J connectivity index is 3.42. The van der Waals surface area contributed by atoms with E-state index in [1.807, 2.05) is 0 Å². The van der Waals surface area contributed by atoms with Gasteiger partial charge in [-0.3, -0.25) is 0 Å². The lowest BCUT2D eigenvalue weighted by Gasteiger charge is -2.54. The monoisotopic (exact) mass is 286 g/mol. The van der Waals surface area contributed by atoms with E-state index in [9.17, 15) is 0 Å². The maximum Gasteiger partial charge on any atom is 0.210 e. The van der Waals surface area contributed by atoms with E-state index in [1.165, 1.54) is 0 Å². The molecular weight excluding hydrogens is 252 g/mol. The van der Waals surface area contributed by atoms with Crippen molar-refractivity contribution in [3.8, 4) is 0 Å². The van der Waals surface area contributed by atoms with Crippen molar-refractivity contribution < 1.29 is 9.16 Å². The van der Waals surface area contributed by atoms with Gasteiger partial charge in [0, 0.05) is 13.5 Å². The zero-order chi connectivity index (χ0) is 15.3. The van der Waals surface area contributed by atoms with Crippen LogP contribution in [0.1, 0.15) is 68.7 Å². The van der Waals surface area contributed by atoms with Crippen LogP contribution in [0.25, 0.3) is 0 Å². The molecule has 1 aliphatic rings. The first kappa shape index (κ1) is 17.2. The molecule has 1 fully saturated rings. The smallest absolute Gasteiger partial charge is 0.210 e. The summed E-state index contributed by atoms with van der Waals surface area (Å²) in [4.78, 5) is 0. The summed E-state index contributed by atoms with van der Waals surface area (Å²) in [7, 11) is -0.231. The molecule has 1 heterocycles. The van der Waals surface area contributed by atoms with Gasteiger partial charge in [-0.15, -0.1) is 0 Å². The van der Waals surface area contributed by atoms with Crippen LogP contribution in [0.2, 0.25) is 15.6 Å². The predicted molar refractivity (Wildman–Crippen MR) is 84.9 cm³/mol. The minimum Gasteiger partial charge on any atom is -0.391 e. The van der Waals surface area contributed by atoms with Gasteiger partial charge in [-0.25, -0.2) is 0 Å². The first-order valence-corrected chi connectivity index (χ1v) is 9.46. The number of methoxy groups -OCH3 is 1. The molecule has 0 aromatic rings. The Labute approximate surface area is 121 Å². The van der Waals surface area contributed by atoms with Crippen molar-refractivity contribution in [3.63, 3.8) is 0 Å². The number of hydrogen-bond donors (Lipinski definition) is 0. The molecule has 19 heavy (non-hydrogen) atoms. The molecule has 1 saturated heterocycles. The molecule has 0 aromatic heterocycles. The standard InChI is InChI=1S/C16H34O2Si/c1-14(2,3)12-11-13(17-10)18-19(12,15(4,5)6)16(7,8)9/h12-13H,11H2,1-10H3/t12-,13?/m1/s1. The van der Waals surface area contributed by atoms with Gasteiger partial charge in [0.15, 0.2) is 0 Å². The Bertz CT molecular complexity index is 303. The lowest BCUT2D eigenvalue weighted by molar-refractivity contribution is -0.0506. The van der Waals surface area contributed by atoms with E-state index < -0.39 is 8.32 Å². The van der Waals surface area contributed by atoms with Gasteiger partial charge < -0.3 is 9.16 Å². The molecule has 1 aliphatic heterocycles. The van der Waals surface area contributed by atoms with Crippen LogP contribution in [-0.4, -0.2) is 21.7 Å². The van der Waals surface area contributed by atoms with Crippen molar-refractivity contribution in [1.82, 2.24) is 0 Å². The summed E-state index contributed by atoms with van der Waals surface area (Å²) in [5.41, 5.74) is 0.880. The first-order chi connectivity index (χ1) is 8.27. The van der Waals surface area contributed by atoms with E-state index in [4.69, 9.17) is 9.16 Å². The lowest BCUT2D eigenvalue weighted by atomic mass is 9.89. The molecule has 1 unspecified atom stereocenters. The zero-order valence-electron chi connectivity index (χ0n) is 14.7. The van der Waals surface area contributed by atoms with Crippen molar-refractivity contribution in [2.45, 2.75) is 90.6 Å². The molecule has 0 spiro atoms. The Morgan fingerprint density at radius 1 is 0.895 bits per heavy atom. The minimum absolute atomic E-state index is 0.0191. The van der Waals surface area contributed by atoms with Gasteiger partial charge in [0.25, 0.3) is 0 Å². The third kappa shape index (κ3) is 2.79. The van der Waals surface area contributed by atoms with Crippen LogP contribution < -0.4 is 0 Å². The Kier molecular flexibility index (Phi) is 4.39. The maximum absolute atomic E-state index is 6.68. The lowest BCUT2D eigenvalue weighted by Crippen LogP contribution is -2.57. The third-order valence-electron chi connectivity index (χ3n) is 4.77. The molecular formula is C16H34O2Si. The summed E-state index contributed by atoms with van der Waals surface area (Å²) in [6.45, 7) is 21.3. The largest absolute Gasteiger partial charge is 0.391 e. The fraction of sp³-hybridized carbons (Fsp3) is 1.00. The van der Waals surface area contributed by atoms with Crippen molar-refractivity contribution in [3.05, 3.63) is 0 Å². The zero-order valence-corrected chi connectivity index (χ0v) is 15.7. The van der Waals surface area contributed by atoms with Crippen molar-refractivity contribution in [1.29, 1.82) is 0 Å². The highest BCUT2D eigenvalue weighted by Crippen LogP contribution is 2.66. The highest BCUT2D eigenvalue weighted by Gasteiger charge is 2.66. The van der Waals surface area contributed by atoms with Crippen LogP contribution in [-0.2, 0) is 9.16 Å². The van der Waals surface area contributed by atoms with Crippen LogP contribution in [0.15, 0.2) is 0 Å². The summed E-state index contributed by atoms with van der Waals surface area (Å²) >= 11 is 0. The van der Waals surface area contributed by atoms with Crippen LogP contribution in [0.3, 0.4) is 0 Å². The summed E-state index contributed by atoms with van der Waals surface area (Å²) in [6, 6.07) is 0. The van der Waals surface area contributed by atoms with E-state index in [0.717, 1.165) is 6.42 Å². The first-order valence-electron chi connectivity index (χ1n) is 7.48. The molecule has 0 radical (unpaired) electrons. The van der Waals surface area contributed by atoms with Crippen LogP contribution in [0.5, 0.6) is 0 Å². The summed E-state index contributed by atoms with van der Waals surface area (Å²) in [5, 5.41) is 0.410. The van der Waals surface area contributed by atoms with Gasteiger partial charge in [-0.1, -0.05) is 62.3 Å². The molecule has 0 aromatic carbocycles. The van der Waals surface area contributed by atoms with Crippen molar-refractivity contribution in [2.75, 3.05) is 7.11 Å². The van der Waals surface area contributed by atoms with Crippen LogP contribution >= 0.6 is 0 Å². The van der Waals surface area contributed by atoms with E-state index in [1.54, 1.807) is 7.11 Å². The Hall–Kier alpha value is 0.137. The van der Waals surface area contributed by atoms with E-state index >= 15 is 0 Å². The SMILES string of the molecule is COC1C[C@H](C(C)(C)C)[Si](C(C)(C)C)(C(C)(C)C)O1. The van der Waals surface area contributed by atoms with Gasteiger partial charge >= 0.3 is 0 Å². The number of rotatable bonds is 1. The molecule has 2 nitrogen and oxygen atoms in total. The van der Waals surface area contributed by atoms with Gasteiger partial charge in [0.1, 0.15) is 6.29 Å². The van der Waals surface area contributed by atoms with Gasteiger partial charge in [0.2, 0.25) is 8.32 Å². The second-order valence-electron chi connectivity index (χ2n) is 9.17. The van der Waals surface area contributed by atoms with Crippen LogP contribution in [0.4, 0.5) is 0 Å². The summed E-state index contributed by atoms with van der Waals surface area (Å²) < 4.78 is 12.3. The van der Waals surface area contributed by atoms with E-state index in [0.29, 0.717) is 5.54 Å². The molecule has 0 bridgehead atoms. The fourth-order valence-electron chi connectivity index (χ4n) is 4.33. The van der Waals surface area contributed by atoms with Crippen molar-refractivity contribution >= 4 is 8.32 Å². The summed E-state index contributed by atoms with van der Waals surface area (Å²) in [6.07, 6.45) is 1.02. The molecule has 114 valence electrons. The fourth-order valence-corrected chi connectivity index (χ4v) is 11.9. The number of hydrogen-bond acceptors (Lipinski definition) is 2. The molecule has 0 amide bonds. The van der Waals surface area contributed by atoms with Crippen molar-refractivity contribution in [2.24, 2.45) is 5.41 Å². The van der Waals surface area contributed by atoms with Gasteiger partial charge in [-0.2, -0.15) is 0 Å². The third-order valence-corrected chi connectivity index (χ3v) is 11.9. The number of ether oxygens (including phenoxy) is 1. The average Bonchev–Trinajstić information content (AvgIpc) is 2.55. The van der Waals surface area contributed by atoms with Gasteiger partial charge in [-0.05, 0) is 21.0 Å². The maximum atomic E-state index is 6.68.